The summed E-state index contributed by atoms with van der Waals surface area (Å²) in [5, 5.41) is 4.22. The lowest BCUT2D eigenvalue weighted by Gasteiger charge is -2.26. The van der Waals surface area contributed by atoms with E-state index in [1.54, 1.807) is 40.3 Å². The van der Waals surface area contributed by atoms with Crippen molar-refractivity contribution >= 4 is 17.4 Å². The lowest BCUT2D eigenvalue weighted by atomic mass is 10.1. The molecule has 4 aromatic rings. The number of carbonyl (C=O) groups is 1. The van der Waals surface area contributed by atoms with Crippen LogP contribution in [0.4, 0.5) is 23.7 Å². The Kier molecular flexibility index (Phi) is 8.20. The monoisotopic (exact) mass is 552 g/mol. The summed E-state index contributed by atoms with van der Waals surface area (Å²) in [5.74, 6) is 0. The second kappa shape index (κ2) is 12.0. The second-order valence-corrected chi connectivity index (χ2v) is 10.00. The van der Waals surface area contributed by atoms with Crippen molar-refractivity contribution in [3.63, 3.8) is 0 Å². The Balaban J connectivity index is 1.30. The van der Waals surface area contributed by atoms with Crippen LogP contribution in [0.2, 0.25) is 0 Å². The van der Waals surface area contributed by atoms with Crippen LogP contribution >= 0.6 is 0 Å². The van der Waals surface area contributed by atoms with Gasteiger partial charge in [0.05, 0.1) is 11.9 Å². The molecule has 5 rings (SSSR count). The number of fused-ring (bicyclic) bond motifs is 1. The van der Waals surface area contributed by atoms with Gasteiger partial charge in [-0.2, -0.15) is 13.2 Å². The molecule has 3 aromatic heterocycles. The maximum atomic E-state index is 12.5. The van der Waals surface area contributed by atoms with Crippen molar-refractivity contribution in [2.75, 3.05) is 31.5 Å². The summed E-state index contributed by atoms with van der Waals surface area (Å²) < 4.78 is 40.8. The second-order valence-electron chi connectivity index (χ2n) is 10.00. The van der Waals surface area contributed by atoms with E-state index < -0.39 is 18.8 Å². The Morgan fingerprint density at radius 3 is 2.58 bits per heavy atom. The number of pyridine rings is 2. The van der Waals surface area contributed by atoms with Crippen molar-refractivity contribution in [3.05, 3.63) is 77.5 Å². The average molecular weight is 553 g/mol. The number of aromatic nitrogens is 3. The smallest absolute Gasteiger partial charge is 0.329 e. The first-order valence-corrected chi connectivity index (χ1v) is 13.4. The molecule has 0 saturated carbocycles. The number of alkyl halides is 3. The summed E-state index contributed by atoms with van der Waals surface area (Å²) in [4.78, 5) is 31.3. The lowest BCUT2D eigenvalue weighted by Crippen LogP contribution is -2.36. The number of hydrogen-bond acceptors (Lipinski definition) is 4. The highest BCUT2D eigenvalue weighted by atomic mass is 19.4. The number of nitrogens with zero attached hydrogens (tertiary/aromatic N) is 4. The Labute approximate surface area is 229 Å². The maximum absolute atomic E-state index is 12.5. The zero-order chi connectivity index (χ0) is 28.1. The largest absolute Gasteiger partial charge is 0.405 e. The predicted molar refractivity (Wildman–Crippen MR) is 148 cm³/mol. The van der Waals surface area contributed by atoms with E-state index in [9.17, 15) is 22.8 Å². The van der Waals surface area contributed by atoms with Gasteiger partial charge in [-0.3, -0.25) is 9.20 Å². The normalized spacial score (nSPS) is 14.4. The molecular formula is C29H31F3N6O2. The number of nitrogens with one attached hydrogen (secondary N) is 2. The first-order valence-electron chi connectivity index (χ1n) is 13.4. The molecular weight excluding hydrogens is 521 g/mol. The molecule has 1 aromatic carbocycles. The number of anilines is 1. The molecule has 0 spiro atoms. The Morgan fingerprint density at radius 2 is 1.77 bits per heavy atom. The number of imidazole rings is 1. The molecule has 0 atom stereocenters. The Hall–Kier alpha value is -4.12. The fourth-order valence-electron chi connectivity index (χ4n) is 5.01. The summed E-state index contributed by atoms with van der Waals surface area (Å²) in [7, 11) is 0. The van der Waals surface area contributed by atoms with E-state index in [-0.39, 0.29) is 5.56 Å². The molecule has 1 fully saturated rings. The number of carbonyl (C=O) groups excluding carboxylic acids is 1. The van der Waals surface area contributed by atoms with E-state index in [0.717, 1.165) is 48.4 Å². The summed E-state index contributed by atoms with van der Waals surface area (Å²) >= 11 is 0. The van der Waals surface area contributed by atoms with Gasteiger partial charge < -0.3 is 20.1 Å². The van der Waals surface area contributed by atoms with Gasteiger partial charge in [0, 0.05) is 36.3 Å². The van der Waals surface area contributed by atoms with Crippen LogP contribution in [0, 0.1) is 0 Å². The lowest BCUT2D eigenvalue weighted by molar-refractivity contribution is -0.122. The third-order valence-corrected chi connectivity index (χ3v) is 7.02. The van der Waals surface area contributed by atoms with Crippen LogP contribution in [0.1, 0.15) is 25.7 Å². The molecule has 8 nitrogen and oxygen atoms in total. The van der Waals surface area contributed by atoms with Crippen LogP contribution in [-0.4, -0.2) is 57.2 Å². The van der Waals surface area contributed by atoms with Gasteiger partial charge in [-0.25, -0.2) is 9.78 Å². The van der Waals surface area contributed by atoms with Gasteiger partial charge in [-0.05, 0) is 80.4 Å². The number of rotatable bonds is 8. The van der Waals surface area contributed by atoms with Crippen LogP contribution in [0.3, 0.4) is 0 Å². The van der Waals surface area contributed by atoms with Gasteiger partial charge in [0.2, 0.25) is 0 Å². The first kappa shape index (κ1) is 27.4. The number of benzene rings is 1. The van der Waals surface area contributed by atoms with E-state index in [4.69, 9.17) is 0 Å². The van der Waals surface area contributed by atoms with Gasteiger partial charge in [0.25, 0.3) is 5.56 Å². The minimum absolute atomic E-state index is 0.0212. The van der Waals surface area contributed by atoms with Gasteiger partial charge in [0.1, 0.15) is 12.2 Å². The number of piperidine rings is 1. The maximum Gasteiger partial charge on any atom is 0.405 e. The summed E-state index contributed by atoms with van der Waals surface area (Å²) in [6.45, 7) is 2.52. The quantitative estimate of drug-likeness (QED) is 0.307. The summed E-state index contributed by atoms with van der Waals surface area (Å²) in [6, 6.07) is 13.2. The van der Waals surface area contributed by atoms with Crippen molar-refractivity contribution in [2.45, 2.75) is 38.4 Å². The minimum atomic E-state index is -4.49. The number of amides is 2. The molecule has 1 aliphatic heterocycles. The molecule has 11 heteroatoms. The molecule has 1 saturated heterocycles. The van der Waals surface area contributed by atoms with E-state index >= 15 is 0 Å². The summed E-state index contributed by atoms with van der Waals surface area (Å²) in [6.07, 6.45) is 5.71. The van der Waals surface area contributed by atoms with E-state index in [1.807, 2.05) is 41.1 Å². The molecule has 4 heterocycles. The van der Waals surface area contributed by atoms with Gasteiger partial charge >= 0.3 is 12.2 Å². The van der Waals surface area contributed by atoms with Crippen molar-refractivity contribution < 1.29 is 18.0 Å². The predicted octanol–water partition coefficient (Wildman–Crippen LogP) is 5.39. The molecule has 0 radical (unpaired) electrons. The van der Waals surface area contributed by atoms with Crippen LogP contribution in [-0.2, 0) is 6.54 Å². The summed E-state index contributed by atoms with van der Waals surface area (Å²) in [5.41, 5.74) is 4.35. The van der Waals surface area contributed by atoms with E-state index in [1.165, 1.54) is 19.3 Å². The van der Waals surface area contributed by atoms with Gasteiger partial charge in [0.15, 0.2) is 0 Å². The topological polar surface area (TPSA) is 83.7 Å². The number of likely N-dealkylation sites (tertiary alicyclic amines) is 1. The van der Waals surface area contributed by atoms with Crippen LogP contribution in [0.25, 0.3) is 28.0 Å². The third kappa shape index (κ3) is 6.90. The van der Waals surface area contributed by atoms with E-state index in [2.05, 4.69) is 15.2 Å². The zero-order valence-electron chi connectivity index (χ0n) is 22.0. The van der Waals surface area contributed by atoms with Crippen LogP contribution in [0.15, 0.2) is 71.9 Å². The molecule has 0 aliphatic carbocycles. The Morgan fingerprint density at radius 1 is 0.950 bits per heavy atom. The number of urea groups is 1. The highest BCUT2D eigenvalue weighted by Crippen LogP contribution is 2.27. The molecule has 2 amide bonds. The molecule has 1 aliphatic rings. The van der Waals surface area contributed by atoms with E-state index in [0.29, 0.717) is 17.9 Å². The SMILES string of the molecule is O=C(NCC(F)(F)F)Nc1cccc(-c2cnc3cc(-c4ccc(=O)n(CCCN5CCCCC5)c4)ccn23)c1. The van der Waals surface area contributed by atoms with Gasteiger partial charge in [-0.1, -0.05) is 18.6 Å². The highest BCUT2D eigenvalue weighted by molar-refractivity contribution is 5.90. The van der Waals surface area contributed by atoms with Crippen molar-refractivity contribution in [2.24, 2.45) is 0 Å². The molecule has 40 heavy (non-hydrogen) atoms. The first-order chi connectivity index (χ1) is 19.2. The van der Waals surface area contributed by atoms with Gasteiger partial charge in [-0.15, -0.1) is 0 Å². The zero-order valence-corrected chi connectivity index (χ0v) is 22.0. The Bertz CT molecular complexity index is 1540. The molecule has 0 unspecified atom stereocenters. The molecule has 0 bridgehead atoms. The van der Waals surface area contributed by atoms with Crippen molar-refractivity contribution in [1.29, 1.82) is 0 Å². The fourth-order valence-corrected chi connectivity index (χ4v) is 5.01. The average Bonchev–Trinajstić information content (AvgIpc) is 3.37. The standard InChI is InChI=1S/C29H31F3N6O2/c30-29(31,32)20-34-28(40)35-24-7-4-6-22(16-24)25-18-33-26-17-21(10-15-38(25)26)23-8-9-27(39)37(19-23)14-5-13-36-11-2-1-3-12-36/h4,6-10,15-19H,1-3,5,11-14,20H2,(H2,34,35,40). The number of aryl methyl sites for hydroxylation is 1. The number of halogens is 3. The van der Waals surface area contributed by atoms with Crippen molar-refractivity contribution in [1.82, 2.24) is 24.2 Å². The number of hydrogen-bond donors (Lipinski definition) is 2. The fraction of sp³-hybridized carbons (Fsp3) is 0.345. The highest BCUT2D eigenvalue weighted by Gasteiger charge is 2.27. The molecule has 2 N–H and O–H groups in total. The molecule has 210 valence electrons. The minimum Gasteiger partial charge on any atom is -0.329 e. The van der Waals surface area contributed by atoms with Crippen LogP contribution in [0.5, 0.6) is 0 Å². The van der Waals surface area contributed by atoms with Crippen molar-refractivity contribution in [3.8, 4) is 22.4 Å². The third-order valence-electron chi connectivity index (χ3n) is 7.02. The van der Waals surface area contributed by atoms with Crippen LogP contribution < -0.4 is 16.2 Å².